The summed E-state index contributed by atoms with van der Waals surface area (Å²) in [6.07, 6.45) is 0. The first-order chi connectivity index (χ1) is 12.4. The highest BCUT2D eigenvalue weighted by Crippen LogP contribution is 2.29. The largest absolute Gasteiger partial charge is 0.297 e. The predicted molar refractivity (Wildman–Crippen MR) is 105 cm³/mol. The molecule has 0 aliphatic carbocycles. The van der Waals surface area contributed by atoms with Crippen LogP contribution in [-0.4, -0.2) is 14.8 Å². The molecular weight excluding hydrogens is 346 g/mol. The third kappa shape index (κ3) is 3.83. The summed E-state index contributed by atoms with van der Waals surface area (Å²) in [5.41, 5.74) is 2.54. The molecule has 0 unspecified atom stereocenters. The van der Waals surface area contributed by atoms with Crippen LogP contribution in [0.1, 0.15) is 11.1 Å². The van der Waals surface area contributed by atoms with E-state index in [0.717, 1.165) is 28.2 Å². The Bertz CT molecular complexity index is 916. The Kier molecular flexibility index (Phi) is 4.95. The highest BCUT2D eigenvalue weighted by atomic mass is 32.2. The Hall–Kier alpha value is -2.37. The van der Waals surface area contributed by atoms with Crippen LogP contribution in [0.25, 0.3) is 10.7 Å². The second kappa shape index (κ2) is 7.68. The van der Waals surface area contributed by atoms with Gasteiger partial charge in [-0.15, -0.1) is 21.5 Å². The molecular formula is C20H17N3S2. The van der Waals surface area contributed by atoms with Crippen molar-refractivity contribution in [2.45, 2.75) is 17.5 Å². The van der Waals surface area contributed by atoms with Gasteiger partial charge in [0.25, 0.3) is 0 Å². The van der Waals surface area contributed by atoms with Crippen LogP contribution in [0.4, 0.5) is 0 Å². The zero-order valence-electron chi connectivity index (χ0n) is 13.6. The monoisotopic (exact) mass is 363 g/mol. The Balaban J connectivity index is 1.64. The summed E-state index contributed by atoms with van der Waals surface area (Å²) in [7, 11) is 0. The first-order valence-electron chi connectivity index (χ1n) is 8.08. The summed E-state index contributed by atoms with van der Waals surface area (Å²) >= 11 is 3.43. The molecule has 2 aromatic carbocycles. The lowest BCUT2D eigenvalue weighted by molar-refractivity contribution is 0.715. The third-order valence-corrected chi connectivity index (χ3v) is 5.76. The molecule has 0 aliphatic heterocycles. The minimum absolute atomic E-state index is 0.776. The highest BCUT2D eigenvalue weighted by molar-refractivity contribution is 7.98. The lowest BCUT2D eigenvalue weighted by Crippen LogP contribution is -2.03. The predicted octanol–water partition coefficient (Wildman–Crippen LogP) is 5.35. The molecule has 5 heteroatoms. The van der Waals surface area contributed by atoms with E-state index in [-0.39, 0.29) is 0 Å². The molecule has 0 amide bonds. The van der Waals surface area contributed by atoms with Crippen LogP contribution in [0.3, 0.4) is 0 Å². The number of hydrogen-bond donors (Lipinski definition) is 0. The number of nitrogens with zero attached hydrogens (tertiary/aromatic N) is 3. The minimum Gasteiger partial charge on any atom is -0.297 e. The fourth-order valence-electron chi connectivity index (χ4n) is 2.61. The summed E-state index contributed by atoms with van der Waals surface area (Å²) in [6, 6.07) is 25.1. The smallest absolute Gasteiger partial charge is 0.192 e. The molecule has 0 saturated carbocycles. The number of thioether (sulfide) groups is 1. The zero-order valence-corrected chi connectivity index (χ0v) is 15.2. The van der Waals surface area contributed by atoms with Crippen LogP contribution < -0.4 is 0 Å². The summed E-state index contributed by atoms with van der Waals surface area (Å²) in [5, 5.41) is 12.0. The molecule has 0 fully saturated rings. The molecule has 0 spiro atoms. The lowest BCUT2D eigenvalue weighted by Gasteiger charge is -2.09. The van der Waals surface area contributed by atoms with Gasteiger partial charge in [0.1, 0.15) is 0 Å². The van der Waals surface area contributed by atoms with Crippen LogP contribution in [0.5, 0.6) is 0 Å². The maximum absolute atomic E-state index is 4.47. The fraction of sp³-hybridized carbons (Fsp3) is 0.100. The number of thiophene rings is 1. The van der Waals surface area contributed by atoms with Crippen LogP contribution in [0, 0.1) is 0 Å². The highest BCUT2D eigenvalue weighted by Gasteiger charge is 2.15. The molecule has 0 aliphatic rings. The Morgan fingerprint density at radius 2 is 1.52 bits per heavy atom. The van der Waals surface area contributed by atoms with Gasteiger partial charge in [0.2, 0.25) is 0 Å². The van der Waals surface area contributed by atoms with E-state index in [2.05, 4.69) is 80.8 Å². The van der Waals surface area contributed by atoms with E-state index < -0.39 is 0 Å². The van der Waals surface area contributed by atoms with Crippen LogP contribution in [0.15, 0.2) is 83.3 Å². The van der Waals surface area contributed by atoms with Crippen molar-refractivity contribution in [2.75, 3.05) is 0 Å². The van der Waals surface area contributed by atoms with Gasteiger partial charge >= 0.3 is 0 Å². The van der Waals surface area contributed by atoms with E-state index in [1.54, 1.807) is 23.1 Å². The van der Waals surface area contributed by atoms with Crippen molar-refractivity contribution in [3.63, 3.8) is 0 Å². The molecule has 2 heterocycles. The van der Waals surface area contributed by atoms with Crippen molar-refractivity contribution in [1.82, 2.24) is 14.8 Å². The molecule has 3 nitrogen and oxygen atoms in total. The molecule has 0 atom stereocenters. The third-order valence-electron chi connectivity index (χ3n) is 3.85. The topological polar surface area (TPSA) is 30.7 Å². The second-order valence-corrected chi connectivity index (χ2v) is 7.52. The van der Waals surface area contributed by atoms with Gasteiger partial charge in [-0.3, -0.25) is 4.57 Å². The standard InChI is InChI=1S/C20H17N3S2/c1-3-8-16(9-4-1)14-23-19(18-12-7-13-24-18)21-22-20(23)25-15-17-10-5-2-6-11-17/h1-13H,14-15H2. The van der Waals surface area contributed by atoms with Crippen molar-refractivity contribution in [2.24, 2.45) is 0 Å². The average molecular weight is 364 g/mol. The first kappa shape index (κ1) is 16.1. The number of rotatable bonds is 6. The Morgan fingerprint density at radius 3 is 2.20 bits per heavy atom. The molecule has 0 N–H and O–H groups in total. The molecule has 124 valence electrons. The van der Waals surface area contributed by atoms with Crippen LogP contribution in [-0.2, 0) is 12.3 Å². The van der Waals surface area contributed by atoms with Gasteiger partial charge in [-0.05, 0) is 22.6 Å². The summed E-state index contributed by atoms with van der Waals surface area (Å²) < 4.78 is 2.22. The van der Waals surface area contributed by atoms with Crippen molar-refractivity contribution in [3.05, 3.63) is 89.3 Å². The summed E-state index contributed by atoms with van der Waals surface area (Å²) in [6.45, 7) is 0.776. The van der Waals surface area contributed by atoms with Gasteiger partial charge in [0.05, 0.1) is 11.4 Å². The minimum atomic E-state index is 0.776. The maximum atomic E-state index is 4.47. The van der Waals surface area contributed by atoms with E-state index in [0.29, 0.717) is 0 Å². The van der Waals surface area contributed by atoms with Crippen molar-refractivity contribution in [1.29, 1.82) is 0 Å². The van der Waals surface area contributed by atoms with Gasteiger partial charge in [-0.1, -0.05) is 78.5 Å². The zero-order chi connectivity index (χ0) is 16.9. The number of hydrogen-bond acceptors (Lipinski definition) is 4. The molecule has 4 rings (SSSR count). The number of aromatic nitrogens is 3. The quantitative estimate of drug-likeness (QED) is 0.433. The first-order valence-corrected chi connectivity index (χ1v) is 9.94. The number of benzene rings is 2. The van der Waals surface area contributed by atoms with Crippen molar-refractivity contribution >= 4 is 23.1 Å². The normalized spacial score (nSPS) is 10.9. The Labute approximate surface area is 155 Å². The molecule has 2 aromatic heterocycles. The molecule has 4 aromatic rings. The average Bonchev–Trinajstić information content (AvgIpc) is 3.32. The van der Waals surface area contributed by atoms with Gasteiger partial charge in [-0.25, -0.2) is 0 Å². The second-order valence-electron chi connectivity index (χ2n) is 5.63. The van der Waals surface area contributed by atoms with Gasteiger partial charge in [0.15, 0.2) is 11.0 Å². The lowest BCUT2D eigenvalue weighted by atomic mass is 10.2. The van der Waals surface area contributed by atoms with E-state index >= 15 is 0 Å². The van der Waals surface area contributed by atoms with E-state index in [4.69, 9.17) is 0 Å². The Morgan fingerprint density at radius 1 is 0.800 bits per heavy atom. The maximum Gasteiger partial charge on any atom is 0.192 e. The van der Waals surface area contributed by atoms with Gasteiger partial charge in [-0.2, -0.15) is 0 Å². The van der Waals surface area contributed by atoms with Crippen LogP contribution in [0.2, 0.25) is 0 Å². The van der Waals surface area contributed by atoms with Crippen molar-refractivity contribution in [3.8, 4) is 10.7 Å². The van der Waals surface area contributed by atoms with E-state index in [1.807, 2.05) is 12.1 Å². The SMILES string of the molecule is c1ccc(CSc2nnc(-c3cccs3)n2Cc2ccccc2)cc1. The van der Waals surface area contributed by atoms with Crippen LogP contribution >= 0.6 is 23.1 Å². The van der Waals surface area contributed by atoms with Crippen molar-refractivity contribution < 1.29 is 0 Å². The molecule has 25 heavy (non-hydrogen) atoms. The van der Waals surface area contributed by atoms with Gasteiger partial charge in [0, 0.05) is 5.75 Å². The molecule has 0 saturated heterocycles. The summed E-state index contributed by atoms with van der Waals surface area (Å²) in [4.78, 5) is 1.15. The summed E-state index contributed by atoms with van der Waals surface area (Å²) in [5.74, 6) is 1.83. The fourth-order valence-corrected chi connectivity index (χ4v) is 4.23. The van der Waals surface area contributed by atoms with E-state index in [1.165, 1.54) is 11.1 Å². The molecule has 0 bridgehead atoms. The molecule has 0 radical (unpaired) electrons. The van der Waals surface area contributed by atoms with Gasteiger partial charge < -0.3 is 0 Å². The van der Waals surface area contributed by atoms with E-state index in [9.17, 15) is 0 Å².